The SMILES string of the molecule is Cc1cc(C)cc(CNC(=O)[C@H]2C[C@@H](C(=O)Nc3ccc4c(c3)CCC4)CN(Cc3ccccc3)C2)c1. The van der Waals surface area contributed by atoms with Gasteiger partial charge in [-0.05, 0) is 73.9 Å². The third kappa shape index (κ3) is 6.47. The van der Waals surface area contributed by atoms with E-state index in [1.807, 2.05) is 24.3 Å². The van der Waals surface area contributed by atoms with Crippen molar-refractivity contribution in [3.05, 3.63) is 100 Å². The predicted molar refractivity (Wildman–Crippen MR) is 148 cm³/mol. The van der Waals surface area contributed by atoms with Gasteiger partial charge in [0.25, 0.3) is 0 Å². The first-order valence-electron chi connectivity index (χ1n) is 13.5. The molecule has 2 atom stereocenters. The van der Waals surface area contributed by atoms with Gasteiger partial charge in [-0.25, -0.2) is 0 Å². The summed E-state index contributed by atoms with van der Waals surface area (Å²) in [5.41, 5.74) is 8.28. The predicted octanol–water partition coefficient (Wildman–Crippen LogP) is 5.19. The molecule has 1 fully saturated rings. The molecule has 5 nitrogen and oxygen atoms in total. The van der Waals surface area contributed by atoms with Crippen LogP contribution in [0.25, 0.3) is 0 Å². The largest absolute Gasteiger partial charge is 0.352 e. The van der Waals surface area contributed by atoms with E-state index in [9.17, 15) is 9.59 Å². The number of carbonyl (C=O) groups is 2. The number of piperidine rings is 1. The number of rotatable bonds is 7. The zero-order valence-corrected chi connectivity index (χ0v) is 21.9. The van der Waals surface area contributed by atoms with E-state index in [-0.39, 0.29) is 23.7 Å². The standard InChI is InChI=1S/C32H37N3O2/c1-22-13-23(2)15-25(14-22)18-33-31(36)28-16-29(21-35(20-28)19-24-7-4-3-5-8-24)32(37)34-30-12-11-26-9-6-10-27(26)17-30/h3-5,7-8,11-15,17,28-29H,6,9-10,16,18-21H2,1-2H3,(H,33,36)(H,34,37)/t28-,29+/m0/s1. The molecule has 3 aromatic carbocycles. The zero-order valence-electron chi connectivity index (χ0n) is 21.9. The lowest BCUT2D eigenvalue weighted by Crippen LogP contribution is -2.48. The van der Waals surface area contributed by atoms with Gasteiger partial charge in [-0.15, -0.1) is 0 Å². The Bertz CT molecular complexity index is 1250. The Labute approximate surface area is 220 Å². The molecule has 0 saturated carbocycles. The summed E-state index contributed by atoms with van der Waals surface area (Å²) in [6.45, 7) is 6.67. The molecule has 0 aromatic heterocycles. The number of nitrogens with zero attached hydrogens (tertiary/aromatic N) is 1. The summed E-state index contributed by atoms with van der Waals surface area (Å²) in [7, 11) is 0. The van der Waals surface area contributed by atoms with E-state index in [0.29, 0.717) is 26.1 Å². The molecule has 2 N–H and O–H groups in total. The van der Waals surface area contributed by atoms with Crippen LogP contribution in [0.5, 0.6) is 0 Å². The minimum atomic E-state index is -0.248. The highest BCUT2D eigenvalue weighted by Gasteiger charge is 2.35. The third-order valence-electron chi connectivity index (χ3n) is 7.63. The van der Waals surface area contributed by atoms with Crippen LogP contribution in [0.3, 0.4) is 0 Å². The Balaban J connectivity index is 1.28. The van der Waals surface area contributed by atoms with Crippen molar-refractivity contribution < 1.29 is 9.59 Å². The van der Waals surface area contributed by atoms with Gasteiger partial charge < -0.3 is 10.6 Å². The fourth-order valence-electron chi connectivity index (χ4n) is 5.94. The number of nitrogens with one attached hydrogen (secondary N) is 2. The average Bonchev–Trinajstić information content (AvgIpc) is 3.35. The summed E-state index contributed by atoms with van der Waals surface area (Å²) in [4.78, 5) is 29.0. The minimum absolute atomic E-state index is 0.00261. The highest BCUT2D eigenvalue weighted by Crippen LogP contribution is 2.28. The zero-order chi connectivity index (χ0) is 25.8. The maximum Gasteiger partial charge on any atom is 0.228 e. The molecule has 0 unspecified atom stereocenters. The number of benzene rings is 3. The maximum atomic E-state index is 13.4. The second-order valence-electron chi connectivity index (χ2n) is 10.8. The van der Waals surface area contributed by atoms with Crippen LogP contribution in [0.1, 0.15) is 46.2 Å². The molecular weight excluding hydrogens is 458 g/mol. The van der Waals surface area contributed by atoms with Crippen LogP contribution < -0.4 is 10.6 Å². The van der Waals surface area contributed by atoms with Crippen molar-refractivity contribution in [1.82, 2.24) is 10.2 Å². The molecule has 0 spiro atoms. The van der Waals surface area contributed by atoms with Crippen molar-refractivity contribution in [2.75, 3.05) is 18.4 Å². The summed E-state index contributed by atoms with van der Waals surface area (Å²) < 4.78 is 0. The topological polar surface area (TPSA) is 61.4 Å². The van der Waals surface area contributed by atoms with E-state index in [1.165, 1.54) is 34.2 Å². The molecule has 37 heavy (non-hydrogen) atoms. The number of carbonyl (C=O) groups excluding carboxylic acids is 2. The van der Waals surface area contributed by atoms with Crippen molar-refractivity contribution >= 4 is 17.5 Å². The lowest BCUT2D eigenvalue weighted by atomic mass is 9.87. The Hall–Kier alpha value is -3.44. The summed E-state index contributed by atoms with van der Waals surface area (Å²) in [5.74, 6) is -0.461. The number of anilines is 1. The van der Waals surface area contributed by atoms with Crippen LogP contribution >= 0.6 is 0 Å². The third-order valence-corrected chi connectivity index (χ3v) is 7.63. The van der Waals surface area contributed by atoms with Crippen LogP contribution in [0.4, 0.5) is 5.69 Å². The van der Waals surface area contributed by atoms with E-state index in [1.54, 1.807) is 0 Å². The molecule has 1 saturated heterocycles. The number of aryl methyl sites for hydroxylation is 4. The van der Waals surface area contributed by atoms with E-state index in [2.05, 4.69) is 71.8 Å². The Kier molecular flexibility index (Phi) is 7.71. The molecule has 2 aliphatic rings. The highest BCUT2D eigenvalue weighted by atomic mass is 16.2. The first-order valence-corrected chi connectivity index (χ1v) is 13.5. The second kappa shape index (κ2) is 11.3. The normalized spacial score (nSPS) is 19.3. The van der Waals surface area contributed by atoms with Crippen molar-refractivity contribution in [2.24, 2.45) is 11.8 Å². The van der Waals surface area contributed by atoms with E-state index >= 15 is 0 Å². The van der Waals surface area contributed by atoms with Crippen molar-refractivity contribution in [2.45, 2.75) is 52.6 Å². The van der Waals surface area contributed by atoms with Crippen LogP contribution in [0.2, 0.25) is 0 Å². The van der Waals surface area contributed by atoms with Gasteiger partial charge in [0, 0.05) is 31.9 Å². The van der Waals surface area contributed by atoms with Crippen LogP contribution in [-0.2, 0) is 35.5 Å². The molecule has 2 amide bonds. The monoisotopic (exact) mass is 495 g/mol. The Morgan fingerprint density at radius 2 is 1.51 bits per heavy atom. The molecule has 1 aliphatic carbocycles. The highest BCUT2D eigenvalue weighted by molar-refractivity contribution is 5.93. The van der Waals surface area contributed by atoms with Crippen LogP contribution in [0, 0.1) is 25.7 Å². The van der Waals surface area contributed by atoms with Gasteiger partial charge in [0.15, 0.2) is 0 Å². The molecule has 1 heterocycles. The molecular formula is C32H37N3O2. The molecule has 5 heteroatoms. The maximum absolute atomic E-state index is 13.4. The van der Waals surface area contributed by atoms with Gasteiger partial charge in [0.2, 0.25) is 11.8 Å². The summed E-state index contributed by atoms with van der Waals surface area (Å²) in [6, 6.07) is 22.9. The number of likely N-dealkylation sites (tertiary alicyclic amines) is 1. The summed E-state index contributed by atoms with van der Waals surface area (Å²) in [5, 5.41) is 6.31. The van der Waals surface area contributed by atoms with Crippen LogP contribution in [-0.4, -0.2) is 29.8 Å². The molecule has 0 bridgehead atoms. The summed E-state index contributed by atoms with van der Waals surface area (Å²) in [6.07, 6.45) is 3.94. The number of amides is 2. The Morgan fingerprint density at radius 3 is 2.27 bits per heavy atom. The minimum Gasteiger partial charge on any atom is -0.352 e. The first-order chi connectivity index (χ1) is 17.9. The van der Waals surface area contributed by atoms with Gasteiger partial charge >= 0.3 is 0 Å². The quantitative estimate of drug-likeness (QED) is 0.475. The van der Waals surface area contributed by atoms with E-state index < -0.39 is 0 Å². The Morgan fingerprint density at radius 1 is 0.811 bits per heavy atom. The van der Waals surface area contributed by atoms with Crippen LogP contribution in [0.15, 0.2) is 66.7 Å². The molecule has 1 aliphatic heterocycles. The van der Waals surface area contributed by atoms with Gasteiger partial charge in [-0.1, -0.05) is 65.7 Å². The molecule has 0 radical (unpaired) electrons. The first kappa shape index (κ1) is 25.2. The van der Waals surface area contributed by atoms with Crippen molar-refractivity contribution in [3.63, 3.8) is 0 Å². The lowest BCUT2D eigenvalue weighted by Gasteiger charge is -2.36. The molecule has 5 rings (SSSR count). The lowest BCUT2D eigenvalue weighted by molar-refractivity contribution is -0.130. The number of fused-ring (bicyclic) bond motifs is 1. The van der Waals surface area contributed by atoms with Crippen molar-refractivity contribution in [3.8, 4) is 0 Å². The number of hydrogen-bond donors (Lipinski definition) is 2. The smallest absolute Gasteiger partial charge is 0.228 e. The number of hydrogen-bond acceptors (Lipinski definition) is 3. The molecule has 192 valence electrons. The van der Waals surface area contributed by atoms with E-state index in [0.717, 1.165) is 30.6 Å². The van der Waals surface area contributed by atoms with Gasteiger partial charge in [0.1, 0.15) is 0 Å². The average molecular weight is 496 g/mol. The van der Waals surface area contributed by atoms with Gasteiger partial charge in [0.05, 0.1) is 11.8 Å². The second-order valence-corrected chi connectivity index (χ2v) is 10.8. The van der Waals surface area contributed by atoms with Crippen molar-refractivity contribution in [1.29, 1.82) is 0 Å². The summed E-state index contributed by atoms with van der Waals surface area (Å²) >= 11 is 0. The van der Waals surface area contributed by atoms with E-state index in [4.69, 9.17) is 0 Å². The fraction of sp³-hybridized carbons (Fsp3) is 0.375. The van der Waals surface area contributed by atoms with Gasteiger partial charge in [-0.2, -0.15) is 0 Å². The van der Waals surface area contributed by atoms with Gasteiger partial charge in [-0.3, -0.25) is 14.5 Å². The fourth-order valence-corrected chi connectivity index (χ4v) is 5.94. The molecule has 3 aromatic rings.